The normalized spacial score (nSPS) is 10.2. The molecule has 3 heteroatoms. The number of unbranched alkanes of at least 4 members (excludes halogenated alkanes) is 2. The molecule has 0 unspecified atom stereocenters. The van der Waals surface area contributed by atoms with Crippen LogP contribution in [0.15, 0.2) is 0 Å². The molecular formula is C13H25NO2. The number of hydrogen-bond acceptors (Lipinski definition) is 2. The molecule has 0 aromatic rings. The highest BCUT2D eigenvalue weighted by atomic mass is 16.2. The van der Waals surface area contributed by atoms with Crippen molar-refractivity contribution in [3.63, 3.8) is 0 Å². The Kier molecular flexibility index (Phi) is 8.87. The summed E-state index contributed by atoms with van der Waals surface area (Å²) in [6.45, 7) is 7.46. The fourth-order valence-corrected chi connectivity index (χ4v) is 1.50. The summed E-state index contributed by atoms with van der Waals surface area (Å²) in [5.74, 6) is 0.233. The van der Waals surface area contributed by atoms with Crippen LogP contribution in [0.1, 0.15) is 59.3 Å². The maximum atomic E-state index is 11.8. The fourth-order valence-electron chi connectivity index (χ4n) is 1.50. The van der Waals surface area contributed by atoms with Crippen molar-refractivity contribution >= 4 is 11.7 Å². The first-order valence-corrected chi connectivity index (χ1v) is 6.39. The number of amides is 1. The Hall–Kier alpha value is -0.860. The molecule has 3 nitrogen and oxygen atoms in total. The Morgan fingerprint density at radius 3 is 1.81 bits per heavy atom. The molecule has 0 aromatic carbocycles. The standard InChI is InChI=1S/C13H25NO2/c1-4-6-10-14(11-7-5-2)13(16)9-8-12(3)15/h4-11H2,1-3H3. The van der Waals surface area contributed by atoms with E-state index in [0.29, 0.717) is 12.8 Å². The number of carbonyl (C=O) groups is 2. The summed E-state index contributed by atoms with van der Waals surface area (Å²) in [6.07, 6.45) is 5.06. The van der Waals surface area contributed by atoms with E-state index in [1.165, 1.54) is 6.92 Å². The van der Waals surface area contributed by atoms with Crippen molar-refractivity contribution in [2.45, 2.75) is 59.3 Å². The van der Waals surface area contributed by atoms with Gasteiger partial charge < -0.3 is 9.69 Å². The van der Waals surface area contributed by atoms with E-state index in [0.717, 1.165) is 38.8 Å². The Morgan fingerprint density at radius 1 is 0.938 bits per heavy atom. The molecule has 16 heavy (non-hydrogen) atoms. The Labute approximate surface area is 99.2 Å². The van der Waals surface area contributed by atoms with Crippen LogP contribution in [0.2, 0.25) is 0 Å². The van der Waals surface area contributed by atoms with Gasteiger partial charge in [0, 0.05) is 25.9 Å². The van der Waals surface area contributed by atoms with E-state index >= 15 is 0 Å². The van der Waals surface area contributed by atoms with Crippen LogP contribution in [-0.2, 0) is 9.59 Å². The van der Waals surface area contributed by atoms with Gasteiger partial charge in [0.2, 0.25) is 5.91 Å². The maximum absolute atomic E-state index is 11.8. The van der Waals surface area contributed by atoms with Crippen molar-refractivity contribution in [2.75, 3.05) is 13.1 Å². The van der Waals surface area contributed by atoms with Crippen molar-refractivity contribution in [3.8, 4) is 0 Å². The topological polar surface area (TPSA) is 37.4 Å². The highest BCUT2D eigenvalue weighted by Crippen LogP contribution is 2.04. The predicted octanol–water partition coefficient (Wildman–Crippen LogP) is 2.78. The first-order chi connectivity index (χ1) is 7.61. The highest BCUT2D eigenvalue weighted by Gasteiger charge is 2.12. The molecule has 0 aromatic heterocycles. The van der Waals surface area contributed by atoms with Crippen LogP contribution in [-0.4, -0.2) is 29.7 Å². The van der Waals surface area contributed by atoms with Gasteiger partial charge in [-0.05, 0) is 19.8 Å². The van der Waals surface area contributed by atoms with E-state index in [9.17, 15) is 9.59 Å². The molecule has 0 radical (unpaired) electrons. The molecule has 0 fully saturated rings. The highest BCUT2D eigenvalue weighted by molar-refractivity contribution is 5.83. The molecule has 0 bridgehead atoms. The monoisotopic (exact) mass is 227 g/mol. The second-order valence-corrected chi connectivity index (χ2v) is 4.29. The molecule has 1 amide bonds. The van der Waals surface area contributed by atoms with Crippen molar-refractivity contribution in [1.29, 1.82) is 0 Å². The van der Waals surface area contributed by atoms with Crippen molar-refractivity contribution < 1.29 is 9.59 Å². The summed E-state index contributed by atoms with van der Waals surface area (Å²) in [6, 6.07) is 0. The summed E-state index contributed by atoms with van der Waals surface area (Å²) < 4.78 is 0. The molecule has 0 saturated heterocycles. The van der Waals surface area contributed by atoms with Gasteiger partial charge in [0.25, 0.3) is 0 Å². The third-order valence-electron chi connectivity index (χ3n) is 2.61. The van der Waals surface area contributed by atoms with Gasteiger partial charge in [0.15, 0.2) is 0 Å². The van der Waals surface area contributed by atoms with Gasteiger partial charge in [-0.3, -0.25) is 4.79 Å². The van der Waals surface area contributed by atoms with Crippen LogP contribution >= 0.6 is 0 Å². The lowest BCUT2D eigenvalue weighted by Crippen LogP contribution is -2.33. The van der Waals surface area contributed by atoms with E-state index < -0.39 is 0 Å². The molecule has 0 aliphatic carbocycles. The molecule has 0 aliphatic rings. The molecule has 0 spiro atoms. The van der Waals surface area contributed by atoms with Crippen LogP contribution < -0.4 is 0 Å². The number of rotatable bonds is 9. The molecule has 94 valence electrons. The van der Waals surface area contributed by atoms with E-state index in [2.05, 4.69) is 13.8 Å². The van der Waals surface area contributed by atoms with E-state index in [1.807, 2.05) is 4.90 Å². The Morgan fingerprint density at radius 2 is 1.44 bits per heavy atom. The average molecular weight is 227 g/mol. The molecule has 0 saturated carbocycles. The fraction of sp³-hybridized carbons (Fsp3) is 0.846. The van der Waals surface area contributed by atoms with Gasteiger partial charge in [-0.2, -0.15) is 0 Å². The van der Waals surface area contributed by atoms with E-state index in [4.69, 9.17) is 0 Å². The van der Waals surface area contributed by atoms with Crippen LogP contribution in [0.4, 0.5) is 0 Å². The van der Waals surface area contributed by atoms with Gasteiger partial charge in [0.1, 0.15) is 5.78 Å². The lowest BCUT2D eigenvalue weighted by molar-refractivity contribution is -0.133. The van der Waals surface area contributed by atoms with E-state index in [-0.39, 0.29) is 11.7 Å². The summed E-state index contributed by atoms with van der Waals surface area (Å²) in [4.78, 5) is 24.6. The Bertz CT molecular complexity index is 206. The smallest absolute Gasteiger partial charge is 0.223 e. The zero-order chi connectivity index (χ0) is 12.4. The van der Waals surface area contributed by atoms with E-state index in [1.54, 1.807) is 0 Å². The first-order valence-electron chi connectivity index (χ1n) is 6.39. The molecular weight excluding hydrogens is 202 g/mol. The van der Waals surface area contributed by atoms with Crippen LogP contribution in [0.25, 0.3) is 0 Å². The molecule has 0 rings (SSSR count). The predicted molar refractivity (Wildman–Crippen MR) is 66.3 cm³/mol. The molecule has 0 heterocycles. The van der Waals surface area contributed by atoms with Gasteiger partial charge in [-0.15, -0.1) is 0 Å². The first kappa shape index (κ1) is 15.1. The number of carbonyl (C=O) groups excluding carboxylic acids is 2. The van der Waals surface area contributed by atoms with Crippen molar-refractivity contribution in [3.05, 3.63) is 0 Å². The number of hydrogen-bond donors (Lipinski definition) is 0. The lowest BCUT2D eigenvalue weighted by atomic mass is 10.2. The SMILES string of the molecule is CCCCN(CCCC)C(=O)CCC(C)=O. The quantitative estimate of drug-likeness (QED) is 0.607. The van der Waals surface area contributed by atoms with Gasteiger partial charge >= 0.3 is 0 Å². The second kappa shape index (κ2) is 9.37. The largest absolute Gasteiger partial charge is 0.343 e. The van der Waals surface area contributed by atoms with Crippen LogP contribution in [0.3, 0.4) is 0 Å². The Balaban J connectivity index is 4.03. The zero-order valence-electron chi connectivity index (χ0n) is 10.9. The van der Waals surface area contributed by atoms with Gasteiger partial charge in [0.05, 0.1) is 0 Å². The third-order valence-corrected chi connectivity index (χ3v) is 2.61. The molecule has 0 atom stereocenters. The second-order valence-electron chi connectivity index (χ2n) is 4.29. The summed E-state index contributed by atoms with van der Waals surface area (Å²) in [5, 5.41) is 0. The number of nitrogens with zero attached hydrogens (tertiary/aromatic N) is 1. The van der Waals surface area contributed by atoms with Crippen molar-refractivity contribution in [1.82, 2.24) is 4.90 Å². The van der Waals surface area contributed by atoms with Crippen molar-refractivity contribution in [2.24, 2.45) is 0 Å². The average Bonchev–Trinajstić information content (AvgIpc) is 2.26. The van der Waals surface area contributed by atoms with Gasteiger partial charge in [-0.1, -0.05) is 26.7 Å². The van der Waals surface area contributed by atoms with Gasteiger partial charge in [-0.25, -0.2) is 0 Å². The minimum atomic E-state index is 0.0966. The van der Waals surface area contributed by atoms with Crippen LogP contribution in [0, 0.1) is 0 Å². The minimum Gasteiger partial charge on any atom is -0.343 e. The summed E-state index contributed by atoms with van der Waals surface area (Å²) in [5.41, 5.74) is 0. The van der Waals surface area contributed by atoms with Crippen LogP contribution in [0.5, 0.6) is 0 Å². The molecule has 0 aliphatic heterocycles. The molecule has 0 N–H and O–H groups in total. The summed E-state index contributed by atoms with van der Waals surface area (Å²) in [7, 11) is 0. The minimum absolute atomic E-state index is 0.0966. The lowest BCUT2D eigenvalue weighted by Gasteiger charge is -2.22. The number of Topliss-reactive ketones (excluding diaryl/α,β-unsaturated/α-hetero) is 1. The maximum Gasteiger partial charge on any atom is 0.223 e. The summed E-state index contributed by atoms with van der Waals surface area (Å²) >= 11 is 0. The third kappa shape index (κ3) is 7.43. The number of ketones is 1. The zero-order valence-corrected chi connectivity index (χ0v) is 10.9.